The van der Waals surface area contributed by atoms with Gasteiger partial charge in [-0.2, -0.15) is 0 Å². The third-order valence-corrected chi connectivity index (χ3v) is 11.7. The molecule has 1 aliphatic rings. The largest absolute Gasteiger partial charge is 0.309 e. The van der Waals surface area contributed by atoms with Gasteiger partial charge in [0.15, 0.2) is 0 Å². The maximum absolute atomic E-state index is 2.44. The van der Waals surface area contributed by atoms with E-state index in [1.807, 2.05) is 11.8 Å². The molecule has 1 aliphatic heterocycles. The van der Waals surface area contributed by atoms with Gasteiger partial charge < -0.3 is 4.57 Å². The molecule has 0 N–H and O–H groups in total. The second-order valence-electron chi connectivity index (χ2n) is 13.3. The standard InChI is InChI=1S/C48H29NS/c1-3-11-34-28-44-42(26-32(34)9-1)43-27-33-10-2-4-12-35(33)29-45(43)49(44)37-21-19-30(20-22-37)31-13-7-14-36(25-31)38-23-24-47-48-40(38)16-8-17-41(48)39-15-5-6-18-46(39)50-47/h1-29H. The molecule has 2 heterocycles. The zero-order valence-electron chi connectivity index (χ0n) is 27.1. The summed E-state index contributed by atoms with van der Waals surface area (Å²) in [5.41, 5.74) is 11.2. The van der Waals surface area contributed by atoms with E-state index in [1.54, 1.807) is 0 Å². The van der Waals surface area contributed by atoms with Crippen LogP contribution < -0.4 is 0 Å². The first-order chi connectivity index (χ1) is 24.8. The summed E-state index contributed by atoms with van der Waals surface area (Å²) in [5, 5.41) is 10.3. The zero-order valence-corrected chi connectivity index (χ0v) is 27.9. The maximum atomic E-state index is 2.44. The number of aromatic nitrogens is 1. The number of fused-ring (bicyclic) bond motifs is 7. The minimum absolute atomic E-state index is 1.16. The average Bonchev–Trinajstić information content (AvgIpc) is 3.48. The lowest BCUT2D eigenvalue weighted by Crippen LogP contribution is -1.94. The molecule has 9 aromatic carbocycles. The lowest BCUT2D eigenvalue weighted by molar-refractivity contribution is 1.18. The van der Waals surface area contributed by atoms with Gasteiger partial charge in [0.05, 0.1) is 11.0 Å². The highest BCUT2D eigenvalue weighted by Crippen LogP contribution is 2.49. The molecule has 1 nitrogen and oxygen atoms in total. The van der Waals surface area contributed by atoms with Gasteiger partial charge in [-0.3, -0.25) is 0 Å². The van der Waals surface area contributed by atoms with E-state index in [9.17, 15) is 0 Å². The summed E-state index contributed by atoms with van der Waals surface area (Å²) in [5.74, 6) is 0. The molecule has 11 rings (SSSR count). The minimum atomic E-state index is 1.16. The maximum Gasteiger partial charge on any atom is 0.0547 e. The van der Waals surface area contributed by atoms with Crippen molar-refractivity contribution < 1.29 is 0 Å². The molecule has 0 amide bonds. The molecular weight excluding hydrogens is 623 g/mol. The summed E-state index contributed by atoms with van der Waals surface area (Å²) in [6.07, 6.45) is 0. The van der Waals surface area contributed by atoms with E-state index in [4.69, 9.17) is 0 Å². The molecule has 0 radical (unpaired) electrons. The molecule has 0 unspecified atom stereocenters. The molecule has 0 atom stereocenters. The summed E-state index contributed by atoms with van der Waals surface area (Å²) in [6.45, 7) is 0. The van der Waals surface area contributed by atoms with Crippen molar-refractivity contribution in [2.75, 3.05) is 0 Å². The third-order valence-electron chi connectivity index (χ3n) is 10.5. The summed E-state index contributed by atoms with van der Waals surface area (Å²) < 4.78 is 2.44. The van der Waals surface area contributed by atoms with Crippen LogP contribution in [0, 0.1) is 0 Å². The first kappa shape index (κ1) is 27.8. The molecule has 0 saturated carbocycles. The Kier molecular flexibility index (Phi) is 5.96. The normalized spacial score (nSPS) is 12.3. The van der Waals surface area contributed by atoms with Crippen molar-refractivity contribution in [3.63, 3.8) is 0 Å². The van der Waals surface area contributed by atoms with Gasteiger partial charge in [0.2, 0.25) is 0 Å². The Morgan fingerprint density at radius 2 is 0.940 bits per heavy atom. The van der Waals surface area contributed by atoms with E-state index in [2.05, 4.69) is 180 Å². The van der Waals surface area contributed by atoms with E-state index in [0.717, 1.165) is 5.69 Å². The third kappa shape index (κ3) is 4.16. The Morgan fingerprint density at radius 1 is 0.340 bits per heavy atom. The van der Waals surface area contributed by atoms with Gasteiger partial charge in [0, 0.05) is 31.6 Å². The lowest BCUT2D eigenvalue weighted by Gasteiger charge is -2.21. The summed E-state index contributed by atoms with van der Waals surface area (Å²) >= 11 is 1.88. The second kappa shape index (κ2) is 10.7. The van der Waals surface area contributed by atoms with Gasteiger partial charge in [-0.05, 0) is 115 Å². The van der Waals surface area contributed by atoms with Crippen LogP contribution in [0.15, 0.2) is 186 Å². The summed E-state index contributed by atoms with van der Waals surface area (Å²) in [6, 6.07) is 65.1. The van der Waals surface area contributed by atoms with Gasteiger partial charge in [-0.1, -0.05) is 133 Å². The molecule has 0 saturated heterocycles. The lowest BCUT2D eigenvalue weighted by atomic mass is 9.91. The van der Waals surface area contributed by atoms with Crippen LogP contribution in [0.3, 0.4) is 0 Å². The molecule has 10 aromatic rings. The number of benzene rings is 9. The van der Waals surface area contributed by atoms with E-state index in [0.29, 0.717) is 0 Å². The van der Waals surface area contributed by atoms with E-state index in [1.165, 1.54) is 97.3 Å². The fourth-order valence-electron chi connectivity index (χ4n) is 8.17. The number of nitrogens with zero attached hydrogens (tertiary/aromatic N) is 1. The molecule has 0 aliphatic carbocycles. The van der Waals surface area contributed by atoms with Gasteiger partial charge >= 0.3 is 0 Å². The van der Waals surface area contributed by atoms with Crippen molar-refractivity contribution in [2.24, 2.45) is 0 Å². The Hall–Kier alpha value is -6.09. The highest BCUT2D eigenvalue weighted by Gasteiger charge is 2.21. The Bertz CT molecular complexity index is 2910. The predicted octanol–water partition coefficient (Wildman–Crippen LogP) is 13.7. The molecule has 0 spiro atoms. The molecule has 2 heteroatoms. The van der Waals surface area contributed by atoms with Crippen molar-refractivity contribution in [2.45, 2.75) is 9.79 Å². The van der Waals surface area contributed by atoms with E-state index in [-0.39, 0.29) is 0 Å². The molecular formula is C48H29NS. The Balaban J connectivity index is 1.04. The minimum Gasteiger partial charge on any atom is -0.309 e. The Labute approximate surface area is 294 Å². The van der Waals surface area contributed by atoms with Crippen LogP contribution in [-0.4, -0.2) is 4.57 Å². The van der Waals surface area contributed by atoms with Crippen molar-refractivity contribution in [1.82, 2.24) is 4.57 Å². The van der Waals surface area contributed by atoms with Crippen molar-refractivity contribution >= 4 is 65.9 Å². The van der Waals surface area contributed by atoms with Crippen LogP contribution in [0.2, 0.25) is 0 Å². The molecule has 50 heavy (non-hydrogen) atoms. The molecule has 232 valence electrons. The zero-order chi connectivity index (χ0) is 32.8. The summed E-state index contributed by atoms with van der Waals surface area (Å²) in [7, 11) is 0. The average molecular weight is 652 g/mol. The molecule has 1 aromatic heterocycles. The monoisotopic (exact) mass is 651 g/mol. The molecule has 0 fully saturated rings. The van der Waals surface area contributed by atoms with Gasteiger partial charge in [-0.15, -0.1) is 0 Å². The van der Waals surface area contributed by atoms with Gasteiger partial charge in [-0.25, -0.2) is 0 Å². The highest BCUT2D eigenvalue weighted by atomic mass is 32.2. The smallest absolute Gasteiger partial charge is 0.0547 e. The van der Waals surface area contributed by atoms with Gasteiger partial charge in [0.1, 0.15) is 0 Å². The quantitative estimate of drug-likeness (QED) is 0.184. The van der Waals surface area contributed by atoms with Crippen molar-refractivity contribution in [3.05, 3.63) is 176 Å². The van der Waals surface area contributed by atoms with Crippen LogP contribution in [0.25, 0.3) is 93.2 Å². The van der Waals surface area contributed by atoms with Crippen LogP contribution >= 0.6 is 11.8 Å². The predicted molar refractivity (Wildman–Crippen MR) is 214 cm³/mol. The summed E-state index contributed by atoms with van der Waals surface area (Å²) in [4.78, 5) is 2.66. The van der Waals surface area contributed by atoms with Crippen LogP contribution in [-0.2, 0) is 0 Å². The Morgan fingerprint density at radius 3 is 1.66 bits per heavy atom. The number of hydrogen-bond donors (Lipinski definition) is 0. The van der Waals surface area contributed by atoms with Crippen molar-refractivity contribution in [1.29, 1.82) is 0 Å². The number of rotatable bonds is 3. The SMILES string of the molecule is c1cc(-c2ccc(-n3c4cc5ccccc5cc4c4cc5ccccc5cc43)cc2)cc(-c2ccc3c4c(cccc24)-c2ccccc2S3)c1. The number of hydrogen-bond acceptors (Lipinski definition) is 1. The highest BCUT2D eigenvalue weighted by molar-refractivity contribution is 7.99. The first-order valence-corrected chi connectivity index (χ1v) is 18.0. The molecule has 0 bridgehead atoms. The van der Waals surface area contributed by atoms with Crippen LogP contribution in [0.5, 0.6) is 0 Å². The van der Waals surface area contributed by atoms with Crippen LogP contribution in [0.4, 0.5) is 0 Å². The van der Waals surface area contributed by atoms with Gasteiger partial charge in [0.25, 0.3) is 0 Å². The van der Waals surface area contributed by atoms with E-state index < -0.39 is 0 Å². The second-order valence-corrected chi connectivity index (χ2v) is 14.4. The fourth-order valence-corrected chi connectivity index (χ4v) is 9.30. The van der Waals surface area contributed by atoms with Crippen molar-refractivity contribution in [3.8, 4) is 39.1 Å². The fraction of sp³-hybridized carbons (Fsp3) is 0. The van der Waals surface area contributed by atoms with Crippen LogP contribution in [0.1, 0.15) is 0 Å². The van der Waals surface area contributed by atoms with E-state index >= 15 is 0 Å². The topological polar surface area (TPSA) is 4.93 Å². The first-order valence-electron chi connectivity index (χ1n) is 17.2.